The first-order chi connectivity index (χ1) is 6.13. The molecule has 0 unspecified atom stereocenters. The number of hydrogen-bond acceptors (Lipinski definition) is 3. The zero-order valence-corrected chi connectivity index (χ0v) is 7.75. The lowest BCUT2D eigenvalue weighted by atomic mass is 10.3. The van der Waals surface area contributed by atoms with E-state index in [1.54, 1.807) is 6.08 Å². The maximum absolute atomic E-state index is 10.2. The van der Waals surface area contributed by atoms with Crippen LogP contribution in [0.3, 0.4) is 0 Å². The van der Waals surface area contributed by atoms with Crippen LogP contribution in [0.1, 0.15) is 12.7 Å². The van der Waals surface area contributed by atoms with Crippen molar-refractivity contribution in [3.63, 3.8) is 0 Å². The summed E-state index contributed by atoms with van der Waals surface area (Å²) in [4.78, 5) is 9.66. The highest BCUT2D eigenvalue weighted by molar-refractivity contribution is 6.19. The molecule has 0 aliphatic heterocycles. The molecule has 0 spiro atoms. The van der Waals surface area contributed by atoms with Crippen molar-refractivity contribution in [3.05, 3.63) is 33.6 Å². The minimum absolute atomic E-state index is 0.256. The Balaban J connectivity index is 2.86. The van der Waals surface area contributed by atoms with Crippen molar-refractivity contribution >= 4 is 23.6 Å². The van der Waals surface area contributed by atoms with Crippen molar-refractivity contribution in [1.29, 1.82) is 0 Å². The summed E-state index contributed by atoms with van der Waals surface area (Å²) in [7, 11) is 0. The summed E-state index contributed by atoms with van der Waals surface area (Å²) in [6.07, 6.45) is 1.67. The largest absolute Gasteiger partial charge is 0.433 e. The molecule has 0 atom stereocenters. The molecule has 1 heterocycles. The fourth-order valence-corrected chi connectivity index (χ4v) is 0.876. The van der Waals surface area contributed by atoms with E-state index < -0.39 is 4.92 Å². The smallest absolute Gasteiger partial charge is 0.401 e. The Kier molecular flexibility index (Phi) is 3.08. The van der Waals surface area contributed by atoms with E-state index in [1.165, 1.54) is 12.1 Å². The van der Waals surface area contributed by atoms with E-state index in [0.29, 0.717) is 11.6 Å². The van der Waals surface area contributed by atoms with Gasteiger partial charge in [-0.25, -0.2) is 0 Å². The van der Waals surface area contributed by atoms with Gasteiger partial charge in [0.15, 0.2) is 0 Å². The molecule has 0 N–H and O–H groups in total. The van der Waals surface area contributed by atoms with Gasteiger partial charge in [0.05, 0.1) is 6.07 Å². The molecule has 0 aromatic carbocycles. The fourth-order valence-electron chi connectivity index (χ4n) is 0.799. The first kappa shape index (κ1) is 9.80. The van der Waals surface area contributed by atoms with Crippen LogP contribution in [0, 0.1) is 10.1 Å². The van der Waals surface area contributed by atoms with Gasteiger partial charge in [0, 0.05) is 5.88 Å². The van der Waals surface area contributed by atoms with Gasteiger partial charge in [0.1, 0.15) is 10.7 Å². The number of rotatable bonds is 3. The molecule has 0 amide bonds. The number of allylic oxidation sites excluding steroid dienone is 1. The quantitative estimate of drug-likeness (QED) is 0.429. The molecule has 70 valence electrons. The molecule has 1 aromatic rings. The molecule has 0 fully saturated rings. The zero-order valence-electron chi connectivity index (χ0n) is 6.99. The van der Waals surface area contributed by atoms with Crippen LogP contribution >= 0.6 is 11.6 Å². The number of furan rings is 1. The predicted octanol–water partition coefficient (Wildman–Crippen LogP) is 2.83. The van der Waals surface area contributed by atoms with Crippen LogP contribution in [0.25, 0.3) is 6.08 Å². The van der Waals surface area contributed by atoms with Gasteiger partial charge in [0.25, 0.3) is 0 Å². The molecule has 4 nitrogen and oxygen atoms in total. The fraction of sp³-hybridized carbons (Fsp3) is 0.250. The summed E-state index contributed by atoms with van der Waals surface area (Å²) in [5.41, 5.74) is 0.894. The van der Waals surface area contributed by atoms with Gasteiger partial charge in [-0.1, -0.05) is 5.57 Å². The lowest BCUT2D eigenvalue weighted by molar-refractivity contribution is -0.402. The van der Waals surface area contributed by atoms with E-state index in [1.807, 2.05) is 6.92 Å². The summed E-state index contributed by atoms with van der Waals surface area (Å²) >= 11 is 5.53. The summed E-state index contributed by atoms with van der Waals surface area (Å²) in [6.45, 7) is 1.82. The maximum atomic E-state index is 10.2. The molecule has 0 saturated heterocycles. The SMILES string of the molecule is CC(=Cc1ccc([N+](=O)[O-])o1)CCl. The van der Waals surface area contributed by atoms with E-state index in [4.69, 9.17) is 16.0 Å². The van der Waals surface area contributed by atoms with Crippen molar-refractivity contribution in [2.24, 2.45) is 0 Å². The Hall–Kier alpha value is -1.29. The molecule has 0 saturated carbocycles. The molecule has 0 radical (unpaired) electrons. The highest BCUT2D eigenvalue weighted by Crippen LogP contribution is 2.18. The summed E-state index contributed by atoms with van der Waals surface area (Å²) in [5.74, 6) is 0.576. The number of halogens is 1. The molecule has 0 aliphatic carbocycles. The van der Waals surface area contributed by atoms with Crippen LogP contribution in [0.5, 0.6) is 0 Å². The third-order valence-corrected chi connectivity index (χ3v) is 1.81. The second kappa shape index (κ2) is 4.09. The average molecular weight is 202 g/mol. The van der Waals surface area contributed by atoms with Gasteiger partial charge >= 0.3 is 5.88 Å². The normalized spacial score (nSPS) is 11.7. The predicted molar refractivity (Wildman–Crippen MR) is 49.7 cm³/mol. The van der Waals surface area contributed by atoms with Crippen molar-refractivity contribution in [3.8, 4) is 0 Å². The third-order valence-electron chi connectivity index (χ3n) is 1.39. The summed E-state index contributed by atoms with van der Waals surface area (Å²) in [5, 5.41) is 10.2. The number of nitrogens with zero attached hydrogens (tertiary/aromatic N) is 1. The van der Waals surface area contributed by atoms with Crippen molar-refractivity contribution < 1.29 is 9.34 Å². The zero-order chi connectivity index (χ0) is 9.84. The second-order valence-corrected chi connectivity index (χ2v) is 2.82. The topological polar surface area (TPSA) is 56.3 Å². The van der Waals surface area contributed by atoms with E-state index in [0.717, 1.165) is 5.57 Å². The lowest BCUT2D eigenvalue weighted by Gasteiger charge is -1.89. The van der Waals surface area contributed by atoms with Crippen LogP contribution in [-0.2, 0) is 0 Å². The molecule has 1 rings (SSSR count). The van der Waals surface area contributed by atoms with E-state index in [9.17, 15) is 10.1 Å². The van der Waals surface area contributed by atoms with Crippen molar-refractivity contribution in [2.75, 3.05) is 5.88 Å². The minimum atomic E-state index is -0.576. The standard InChI is InChI=1S/C8H8ClNO3/c1-6(5-9)4-7-2-3-8(13-7)10(11)12/h2-4H,5H2,1H3. The summed E-state index contributed by atoms with van der Waals surface area (Å²) < 4.78 is 4.88. The monoisotopic (exact) mass is 201 g/mol. The third kappa shape index (κ3) is 2.59. The Bertz CT molecular complexity index is 343. The molecule has 0 aliphatic rings. The highest BCUT2D eigenvalue weighted by atomic mass is 35.5. The minimum Gasteiger partial charge on any atom is -0.401 e. The van der Waals surface area contributed by atoms with Crippen LogP contribution < -0.4 is 0 Å². The second-order valence-electron chi connectivity index (χ2n) is 2.56. The Morgan fingerprint density at radius 1 is 1.77 bits per heavy atom. The average Bonchev–Trinajstić information content (AvgIpc) is 2.52. The van der Waals surface area contributed by atoms with Crippen molar-refractivity contribution in [1.82, 2.24) is 0 Å². The first-order valence-electron chi connectivity index (χ1n) is 3.61. The number of alkyl halides is 1. The molecule has 0 bridgehead atoms. The summed E-state index contributed by atoms with van der Waals surface area (Å²) in [6, 6.07) is 2.85. The Morgan fingerprint density at radius 3 is 2.92 bits per heavy atom. The van der Waals surface area contributed by atoms with Crippen LogP contribution in [0.15, 0.2) is 22.1 Å². The highest BCUT2D eigenvalue weighted by Gasteiger charge is 2.09. The van der Waals surface area contributed by atoms with E-state index in [-0.39, 0.29) is 5.88 Å². The van der Waals surface area contributed by atoms with Crippen LogP contribution in [0.4, 0.5) is 5.88 Å². The number of nitro groups is 1. The maximum Gasteiger partial charge on any atom is 0.433 e. The lowest BCUT2D eigenvalue weighted by Crippen LogP contribution is -1.82. The van der Waals surface area contributed by atoms with Gasteiger partial charge in [-0.15, -0.1) is 11.6 Å². The molecule has 5 heteroatoms. The van der Waals surface area contributed by atoms with Gasteiger partial charge in [0.2, 0.25) is 0 Å². The van der Waals surface area contributed by atoms with Crippen LogP contribution in [0.2, 0.25) is 0 Å². The van der Waals surface area contributed by atoms with Gasteiger partial charge in [-0.3, -0.25) is 10.1 Å². The van der Waals surface area contributed by atoms with Gasteiger partial charge in [-0.2, -0.15) is 0 Å². The number of hydrogen-bond donors (Lipinski definition) is 0. The van der Waals surface area contributed by atoms with Gasteiger partial charge < -0.3 is 4.42 Å². The molecular formula is C8H8ClNO3. The van der Waals surface area contributed by atoms with Gasteiger partial charge in [-0.05, 0) is 19.1 Å². The first-order valence-corrected chi connectivity index (χ1v) is 4.14. The van der Waals surface area contributed by atoms with Crippen LogP contribution in [-0.4, -0.2) is 10.8 Å². The molecular weight excluding hydrogens is 194 g/mol. The van der Waals surface area contributed by atoms with E-state index in [2.05, 4.69) is 0 Å². The molecule has 13 heavy (non-hydrogen) atoms. The molecule has 1 aromatic heterocycles. The van der Waals surface area contributed by atoms with Crippen molar-refractivity contribution in [2.45, 2.75) is 6.92 Å². The Morgan fingerprint density at radius 2 is 2.46 bits per heavy atom. The Labute approximate surface area is 80.0 Å². The van der Waals surface area contributed by atoms with E-state index >= 15 is 0 Å².